The van der Waals surface area contributed by atoms with Gasteiger partial charge in [-0.2, -0.15) is 0 Å². The first-order chi connectivity index (χ1) is 19.0. The summed E-state index contributed by atoms with van der Waals surface area (Å²) in [5.74, 6) is -2.60. The SMILES string of the molecule is CC(C)(C)c1ccc(N(C(=O)c2cc(O)cc(=O)o2)C(C(=O)NCCc2cccc(F)c2)c2cccnc2)cc1. The molecule has 206 valence electrons. The van der Waals surface area contributed by atoms with E-state index in [1.54, 1.807) is 42.6 Å². The van der Waals surface area contributed by atoms with E-state index in [-0.39, 0.29) is 17.8 Å². The van der Waals surface area contributed by atoms with Gasteiger partial charge < -0.3 is 14.8 Å². The smallest absolute Gasteiger partial charge is 0.340 e. The van der Waals surface area contributed by atoms with Crippen molar-refractivity contribution in [3.05, 3.63) is 124 Å². The predicted molar refractivity (Wildman–Crippen MR) is 149 cm³/mol. The third-order valence-electron chi connectivity index (χ3n) is 6.30. The molecule has 2 heterocycles. The van der Waals surface area contributed by atoms with Crippen molar-refractivity contribution in [2.45, 2.75) is 38.6 Å². The Morgan fingerprint density at radius 2 is 1.80 bits per heavy atom. The molecule has 0 aliphatic rings. The summed E-state index contributed by atoms with van der Waals surface area (Å²) in [4.78, 5) is 45.0. The summed E-state index contributed by atoms with van der Waals surface area (Å²) in [6.07, 6.45) is 3.37. The largest absolute Gasteiger partial charge is 0.508 e. The maximum Gasteiger partial charge on any atom is 0.340 e. The number of hydrogen-bond acceptors (Lipinski definition) is 6. The maximum absolute atomic E-state index is 13.9. The average molecular weight is 544 g/mol. The van der Waals surface area contributed by atoms with E-state index >= 15 is 0 Å². The molecule has 1 unspecified atom stereocenters. The minimum Gasteiger partial charge on any atom is -0.508 e. The zero-order valence-corrected chi connectivity index (χ0v) is 22.4. The van der Waals surface area contributed by atoms with Crippen LogP contribution in [0.25, 0.3) is 0 Å². The van der Waals surface area contributed by atoms with E-state index in [2.05, 4.69) is 31.1 Å². The van der Waals surface area contributed by atoms with Crippen LogP contribution in [0.5, 0.6) is 5.75 Å². The van der Waals surface area contributed by atoms with Crippen LogP contribution in [-0.4, -0.2) is 28.4 Å². The molecule has 0 fully saturated rings. The molecule has 2 N–H and O–H groups in total. The topological polar surface area (TPSA) is 113 Å². The molecule has 0 radical (unpaired) electrons. The second-order valence-corrected chi connectivity index (χ2v) is 10.3. The number of rotatable bonds is 8. The molecule has 8 nitrogen and oxygen atoms in total. The lowest BCUT2D eigenvalue weighted by Gasteiger charge is -2.31. The second-order valence-electron chi connectivity index (χ2n) is 10.3. The van der Waals surface area contributed by atoms with Crippen LogP contribution in [0, 0.1) is 5.82 Å². The first kappa shape index (κ1) is 28.2. The summed E-state index contributed by atoms with van der Waals surface area (Å²) in [5.41, 5.74) is 1.39. The molecule has 0 saturated carbocycles. The summed E-state index contributed by atoms with van der Waals surface area (Å²) >= 11 is 0. The number of pyridine rings is 1. The Morgan fingerprint density at radius 1 is 1.05 bits per heavy atom. The van der Waals surface area contributed by atoms with Gasteiger partial charge in [0.2, 0.25) is 5.91 Å². The van der Waals surface area contributed by atoms with E-state index in [1.807, 2.05) is 12.1 Å². The van der Waals surface area contributed by atoms with Crippen molar-refractivity contribution in [2.75, 3.05) is 11.4 Å². The third kappa shape index (κ3) is 6.79. The number of nitrogens with one attached hydrogen (secondary N) is 1. The van der Waals surface area contributed by atoms with Gasteiger partial charge in [-0.15, -0.1) is 0 Å². The van der Waals surface area contributed by atoms with Crippen molar-refractivity contribution in [2.24, 2.45) is 0 Å². The van der Waals surface area contributed by atoms with E-state index in [0.717, 1.165) is 17.7 Å². The van der Waals surface area contributed by atoms with Crippen LogP contribution in [0.3, 0.4) is 0 Å². The van der Waals surface area contributed by atoms with Crippen LogP contribution in [-0.2, 0) is 16.6 Å². The van der Waals surface area contributed by atoms with Crippen molar-refractivity contribution < 1.29 is 23.5 Å². The Balaban J connectivity index is 1.76. The molecule has 0 aliphatic heterocycles. The molecule has 2 amide bonds. The monoisotopic (exact) mass is 543 g/mol. The van der Waals surface area contributed by atoms with E-state index in [0.29, 0.717) is 23.2 Å². The summed E-state index contributed by atoms with van der Waals surface area (Å²) in [6, 6.07) is 17.2. The average Bonchev–Trinajstić information content (AvgIpc) is 2.91. The number of anilines is 1. The molecule has 2 aromatic heterocycles. The normalized spacial score (nSPS) is 12.0. The number of aromatic nitrogens is 1. The molecule has 0 spiro atoms. The first-order valence-electron chi connectivity index (χ1n) is 12.7. The van der Waals surface area contributed by atoms with Gasteiger partial charge in [0, 0.05) is 36.3 Å². The molecule has 0 aliphatic carbocycles. The van der Waals surface area contributed by atoms with Crippen LogP contribution in [0.4, 0.5) is 10.1 Å². The zero-order chi connectivity index (χ0) is 28.9. The minimum atomic E-state index is -1.22. The summed E-state index contributed by atoms with van der Waals surface area (Å²) in [6.45, 7) is 6.33. The van der Waals surface area contributed by atoms with E-state index in [4.69, 9.17) is 4.42 Å². The van der Waals surface area contributed by atoms with Gasteiger partial charge in [-0.25, -0.2) is 9.18 Å². The lowest BCUT2D eigenvalue weighted by molar-refractivity contribution is -0.122. The fourth-order valence-corrected chi connectivity index (χ4v) is 4.27. The lowest BCUT2D eigenvalue weighted by atomic mass is 9.87. The van der Waals surface area contributed by atoms with E-state index in [1.165, 1.54) is 23.2 Å². The molecular formula is C31H30FN3O5. The Labute approximate surface area is 231 Å². The molecule has 9 heteroatoms. The summed E-state index contributed by atoms with van der Waals surface area (Å²) < 4.78 is 18.7. The van der Waals surface area contributed by atoms with Gasteiger partial charge in [-0.1, -0.05) is 51.1 Å². The Kier molecular flexibility index (Phi) is 8.43. The van der Waals surface area contributed by atoms with Crippen molar-refractivity contribution in [3.63, 3.8) is 0 Å². The minimum absolute atomic E-state index is 0.164. The molecule has 40 heavy (non-hydrogen) atoms. The van der Waals surface area contributed by atoms with Crippen molar-refractivity contribution in [1.29, 1.82) is 0 Å². The van der Waals surface area contributed by atoms with Crippen LogP contribution < -0.4 is 15.8 Å². The highest BCUT2D eigenvalue weighted by Gasteiger charge is 2.35. The molecule has 4 rings (SSSR count). The molecule has 0 saturated heterocycles. The summed E-state index contributed by atoms with van der Waals surface area (Å²) in [5, 5.41) is 12.8. The fraction of sp³-hybridized carbons (Fsp3) is 0.226. The first-order valence-corrected chi connectivity index (χ1v) is 12.7. The Bertz CT molecular complexity index is 1550. The quantitative estimate of drug-likeness (QED) is 0.326. The highest BCUT2D eigenvalue weighted by Crippen LogP contribution is 2.32. The lowest BCUT2D eigenvalue weighted by Crippen LogP contribution is -2.44. The van der Waals surface area contributed by atoms with E-state index in [9.17, 15) is 23.9 Å². The van der Waals surface area contributed by atoms with Crippen molar-refractivity contribution >= 4 is 17.5 Å². The van der Waals surface area contributed by atoms with Crippen LogP contribution >= 0.6 is 0 Å². The predicted octanol–water partition coefficient (Wildman–Crippen LogP) is 4.92. The molecular weight excluding hydrogens is 513 g/mol. The fourth-order valence-electron chi connectivity index (χ4n) is 4.27. The standard InChI is InChI=1S/C31H30FN3O5/c1-31(2,3)22-9-11-24(12-10-22)35(30(39)26-17-25(36)18-27(37)40-26)28(21-7-5-14-33-19-21)29(38)34-15-13-20-6-4-8-23(32)16-20/h4-12,14,16-19,28,36H,13,15H2,1-3H3,(H,34,38). The van der Waals surface area contributed by atoms with Crippen LogP contribution in [0.15, 0.2) is 94.4 Å². The molecule has 4 aromatic rings. The van der Waals surface area contributed by atoms with Crippen LogP contribution in [0.2, 0.25) is 0 Å². The van der Waals surface area contributed by atoms with Crippen LogP contribution in [0.1, 0.15) is 54.1 Å². The van der Waals surface area contributed by atoms with Gasteiger partial charge in [0.25, 0.3) is 5.91 Å². The number of aromatic hydroxyl groups is 1. The maximum atomic E-state index is 13.9. The number of nitrogens with zero attached hydrogens (tertiary/aromatic N) is 2. The molecule has 1 atom stereocenters. The Hall–Kier alpha value is -4.79. The van der Waals surface area contributed by atoms with Gasteiger partial charge in [0.15, 0.2) is 5.76 Å². The molecule has 2 aromatic carbocycles. The number of hydrogen-bond donors (Lipinski definition) is 2. The van der Waals surface area contributed by atoms with Gasteiger partial charge in [-0.3, -0.25) is 19.5 Å². The summed E-state index contributed by atoms with van der Waals surface area (Å²) in [7, 11) is 0. The Morgan fingerprint density at radius 3 is 2.42 bits per heavy atom. The highest BCUT2D eigenvalue weighted by atomic mass is 19.1. The number of carbonyl (C=O) groups is 2. The molecule has 0 bridgehead atoms. The van der Waals surface area contributed by atoms with Gasteiger partial charge >= 0.3 is 5.63 Å². The van der Waals surface area contributed by atoms with Gasteiger partial charge in [0.1, 0.15) is 17.6 Å². The number of carbonyl (C=O) groups excluding carboxylic acids is 2. The second kappa shape index (κ2) is 11.9. The highest BCUT2D eigenvalue weighted by molar-refractivity contribution is 6.08. The van der Waals surface area contributed by atoms with Gasteiger partial charge in [-0.05, 0) is 53.3 Å². The van der Waals surface area contributed by atoms with Gasteiger partial charge in [0.05, 0.1) is 6.07 Å². The van der Waals surface area contributed by atoms with Crippen molar-refractivity contribution in [3.8, 4) is 5.75 Å². The number of amides is 2. The van der Waals surface area contributed by atoms with Crippen molar-refractivity contribution in [1.82, 2.24) is 10.3 Å². The van der Waals surface area contributed by atoms with E-state index < -0.39 is 35.0 Å². The third-order valence-corrected chi connectivity index (χ3v) is 6.30. The number of benzene rings is 2. The zero-order valence-electron chi connectivity index (χ0n) is 22.4. The number of halogens is 1.